The molecule has 0 aliphatic carbocycles. The summed E-state index contributed by atoms with van der Waals surface area (Å²) in [5.41, 5.74) is 1.49. The Labute approximate surface area is 219 Å². The van der Waals surface area contributed by atoms with Crippen LogP contribution < -0.4 is 15.5 Å². The Bertz CT molecular complexity index is 1110. The molecule has 2 aromatic rings. The van der Waals surface area contributed by atoms with E-state index in [2.05, 4.69) is 10.7 Å². The highest BCUT2D eigenvalue weighted by atomic mass is 19.4. The standard InChI is InChI=1S/C14H21FN2O.C11H12F3N3O3/c1-5-17(6-2)14(18)11-7-8-12(10(3)16-4)13(15)9-11;1-7(2)17(6-18)15-10(19)8-3-9(11(12,13)14)5-16(20)4-8/h7-10,16H,5-6H2,1-4H3;3-7H,1-2H3,(H-,15,19,20)/p+1. The molecule has 0 saturated carbocycles. The van der Waals surface area contributed by atoms with Gasteiger partial charge in [-0.05, 0) is 59.9 Å². The third-order valence-corrected chi connectivity index (χ3v) is 5.54. The molecule has 0 saturated heterocycles. The fourth-order valence-electron chi connectivity index (χ4n) is 3.16. The number of hydrogen-bond donors (Lipinski definition) is 3. The molecule has 0 spiro atoms. The van der Waals surface area contributed by atoms with E-state index >= 15 is 0 Å². The smallest absolute Gasteiger partial charge is 0.339 e. The number of alkyl halides is 3. The largest absolute Gasteiger partial charge is 0.422 e. The molecule has 3 amide bonds. The van der Waals surface area contributed by atoms with Crippen molar-refractivity contribution in [2.45, 2.75) is 52.9 Å². The average Bonchev–Trinajstić information content (AvgIpc) is 2.86. The van der Waals surface area contributed by atoms with E-state index in [4.69, 9.17) is 5.21 Å². The van der Waals surface area contributed by atoms with E-state index in [0.717, 1.165) is 11.2 Å². The van der Waals surface area contributed by atoms with Crippen LogP contribution in [0, 0.1) is 5.82 Å². The van der Waals surface area contributed by atoms with Gasteiger partial charge in [-0.2, -0.15) is 13.2 Å². The minimum absolute atomic E-state index is 0.0670. The molecular formula is C25H34F4N5O4+. The second-order valence-corrected chi connectivity index (χ2v) is 8.46. The topological polar surface area (TPSA) is 106 Å². The first-order valence-electron chi connectivity index (χ1n) is 11.8. The average molecular weight is 545 g/mol. The van der Waals surface area contributed by atoms with E-state index in [1.54, 1.807) is 37.9 Å². The summed E-state index contributed by atoms with van der Waals surface area (Å²) < 4.78 is 51.7. The molecule has 3 N–H and O–H groups in total. The van der Waals surface area contributed by atoms with Crippen LogP contribution in [0.4, 0.5) is 17.6 Å². The van der Waals surface area contributed by atoms with Crippen LogP contribution >= 0.6 is 0 Å². The van der Waals surface area contributed by atoms with E-state index in [0.29, 0.717) is 42.9 Å². The molecule has 1 heterocycles. The molecule has 0 fully saturated rings. The van der Waals surface area contributed by atoms with Crippen LogP contribution in [0.3, 0.4) is 0 Å². The van der Waals surface area contributed by atoms with E-state index in [-0.39, 0.29) is 28.5 Å². The van der Waals surface area contributed by atoms with Gasteiger partial charge in [-0.15, -0.1) is 0 Å². The normalized spacial score (nSPS) is 11.8. The highest BCUT2D eigenvalue weighted by molar-refractivity contribution is 5.94. The number of amides is 3. The Morgan fingerprint density at radius 2 is 1.68 bits per heavy atom. The van der Waals surface area contributed by atoms with Gasteiger partial charge in [0.05, 0.1) is 0 Å². The lowest BCUT2D eigenvalue weighted by Crippen LogP contribution is -2.46. The number of hydrazine groups is 1. The van der Waals surface area contributed by atoms with Crippen molar-refractivity contribution in [1.82, 2.24) is 20.7 Å². The third-order valence-electron chi connectivity index (χ3n) is 5.54. The number of rotatable bonds is 9. The molecule has 38 heavy (non-hydrogen) atoms. The fourth-order valence-corrected chi connectivity index (χ4v) is 3.16. The summed E-state index contributed by atoms with van der Waals surface area (Å²) in [7, 11) is 1.78. The number of aromatic nitrogens is 1. The quantitative estimate of drug-likeness (QED) is 0.148. The summed E-state index contributed by atoms with van der Waals surface area (Å²) >= 11 is 0. The van der Waals surface area contributed by atoms with Gasteiger partial charge < -0.3 is 10.2 Å². The molecule has 0 radical (unpaired) electrons. The van der Waals surface area contributed by atoms with Crippen molar-refractivity contribution >= 4 is 18.2 Å². The summed E-state index contributed by atoms with van der Waals surface area (Å²) in [6, 6.07) is 4.82. The number of nitrogens with one attached hydrogen (secondary N) is 2. The summed E-state index contributed by atoms with van der Waals surface area (Å²) in [4.78, 5) is 36.2. The minimum Gasteiger partial charge on any atom is -0.339 e. The van der Waals surface area contributed by atoms with Crippen LogP contribution in [0.5, 0.6) is 0 Å². The molecule has 210 valence electrons. The first-order valence-corrected chi connectivity index (χ1v) is 11.8. The summed E-state index contributed by atoms with van der Waals surface area (Å²) in [5.74, 6) is -1.41. The molecule has 1 atom stereocenters. The molecule has 0 aliphatic rings. The van der Waals surface area contributed by atoms with Crippen LogP contribution in [0.25, 0.3) is 0 Å². The summed E-state index contributed by atoms with van der Waals surface area (Å²) in [6.45, 7) is 10.2. The highest BCUT2D eigenvalue weighted by Gasteiger charge is 2.35. The summed E-state index contributed by atoms with van der Waals surface area (Å²) in [5, 5.41) is 13.0. The number of benzene rings is 1. The van der Waals surface area contributed by atoms with E-state index in [9.17, 15) is 31.9 Å². The Hall–Kier alpha value is -3.74. The molecule has 0 aliphatic heterocycles. The first kappa shape index (κ1) is 32.3. The van der Waals surface area contributed by atoms with Crippen molar-refractivity contribution in [2.75, 3.05) is 20.1 Å². The second-order valence-electron chi connectivity index (χ2n) is 8.46. The highest BCUT2D eigenvalue weighted by Crippen LogP contribution is 2.28. The Balaban J connectivity index is 0.000000382. The maximum absolute atomic E-state index is 13.9. The van der Waals surface area contributed by atoms with Crippen LogP contribution in [-0.2, 0) is 11.0 Å². The van der Waals surface area contributed by atoms with Gasteiger partial charge in [0, 0.05) is 41.0 Å². The lowest BCUT2D eigenvalue weighted by molar-refractivity contribution is -0.905. The predicted octanol–water partition coefficient (Wildman–Crippen LogP) is 3.33. The Morgan fingerprint density at radius 3 is 2.13 bits per heavy atom. The van der Waals surface area contributed by atoms with E-state index < -0.39 is 23.2 Å². The number of carbonyl (C=O) groups is 3. The van der Waals surface area contributed by atoms with Crippen molar-refractivity contribution in [3.63, 3.8) is 0 Å². The maximum atomic E-state index is 13.9. The van der Waals surface area contributed by atoms with Gasteiger partial charge in [-0.1, -0.05) is 6.07 Å². The molecule has 1 aromatic carbocycles. The first-order chi connectivity index (χ1) is 17.7. The molecular weight excluding hydrogens is 510 g/mol. The number of pyridine rings is 1. The second kappa shape index (κ2) is 14.3. The third kappa shape index (κ3) is 8.98. The van der Waals surface area contributed by atoms with Crippen LogP contribution in [0.1, 0.15) is 72.5 Å². The van der Waals surface area contributed by atoms with Gasteiger partial charge >= 0.3 is 6.18 Å². The zero-order valence-corrected chi connectivity index (χ0v) is 22.1. The lowest BCUT2D eigenvalue weighted by Gasteiger charge is -2.21. The van der Waals surface area contributed by atoms with Gasteiger partial charge in [-0.25, -0.2) is 4.39 Å². The van der Waals surface area contributed by atoms with Crippen molar-refractivity contribution < 1.29 is 41.9 Å². The molecule has 1 unspecified atom stereocenters. The molecule has 2 rings (SSSR count). The van der Waals surface area contributed by atoms with Gasteiger partial charge in [0.2, 0.25) is 18.8 Å². The monoisotopic (exact) mass is 544 g/mol. The number of halogens is 4. The Kier molecular flexibility index (Phi) is 12.1. The molecule has 13 heteroatoms. The zero-order valence-electron chi connectivity index (χ0n) is 22.1. The van der Waals surface area contributed by atoms with Crippen molar-refractivity contribution in [3.05, 3.63) is 64.7 Å². The van der Waals surface area contributed by atoms with Gasteiger partial charge in [0.15, 0.2) is 0 Å². The van der Waals surface area contributed by atoms with Crippen LogP contribution in [0.15, 0.2) is 36.7 Å². The molecule has 1 aromatic heterocycles. The zero-order chi connectivity index (χ0) is 29.2. The maximum Gasteiger partial charge on any atom is 0.422 e. The fraction of sp³-hybridized carbons (Fsp3) is 0.440. The van der Waals surface area contributed by atoms with Crippen molar-refractivity contribution in [3.8, 4) is 0 Å². The van der Waals surface area contributed by atoms with E-state index in [1.165, 1.54) is 6.07 Å². The molecule has 9 nitrogen and oxygen atoms in total. The van der Waals surface area contributed by atoms with Crippen molar-refractivity contribution in [1.29, 1.82) is 0 Å². The van der Waals surface area contributed by atoms with Crippen LogP contribution in [0.2, 0.25) is 0 Å². The van der Waals surface area contributed by atoms with Crippen molar-refractivity contribution in [2.24, 2.45) is 0 Å². The van der Waals surface area contributed by atoms with E-state index in [1.807, 2.05) is 20.8 Å². The van der Waals surface area contributed by atoms with Crippen LogP contribution in [-0.4, -0.2) is 59.5 Å². The molecule has 0 bridgehead atoms. The SMILES string of the molecule is CC(C)N(C=O)NC(=O)c1cc(C(F)(F)F)c[n+](O)c1.CCN(CC)C(=O)c1ccc(C(C)NC)c(F)c1. The summed E-state index contributed by atoms with van der Waals surface area (Å²) in [6.07, 6.45) is -3.14. The van der Waals surface area contributed by atoms with Gasteiger partial charge in [0.25, 0.3) is 11.8 Å². The number of carbonyl (C=O) groups excluding carboxylic acids is 3. The Morgan fingerprint density at radius 1 is 1.08 bits per heavy atom. The van der Waals surface area contributed by atoms with Gasteiger partial charge in [-0.3, -0.25) is 30.0 Å². The predicted molar refractivity (Wildman–Crippen MR) is 130 cm³/mol. The number of nitrogens with zero attached hydrogens (tertiary/aromatic N) is 3. The minimum atomic E-state index is -4.71. The number of hydrogen-bond acceptors (Lipinski definition) is 5. The van der Waals surface area contributed by atoms with Gasteiger partial charge in [0.1, 0.15) is 16.9 Å². The lowest BCUT2D eigenvalue weighted by atomic mass is 10.0.